The number of piperidine rings is 1. The van der Waals surface area contributed by atoms with Crippen molar-refractivity contribution < 1.29 is 9.18 Å². The van der Waals surface area contributed by atoms with Crippen LogP contribution in [0.4, 0.5) is 10.2 Å². The van der Waals surface area contributed by atoms with Crippen molar-refractivity contribution in [3.8, 4) is 0 Å². The van der Waals surface area contributed by atoms with E-state index in [1.165, 1.54) is 12.1 Å². The van der Waals surface area contributed by atoms with E-state index in [1.54, 1.807) is 22.9 Å². The molecular weight excluding hydrogens is 457 g/mol. The van der Waals surface area contributed by atoms with Crippen molar-refractivity contribution in [3.05, 3.63) is 99.7 Å². The molecule has 2 aromatic carbocycles. The Morgan fingerprint density at radius 3 is 2.61 bits per heavy atom. The van der Waals surface area contributed by atoms with Crippen LogP contribution in [0.3, 0.4) is 0 Å². The van der Waals surface area contributed by atoms with Gasteiger partial charge in [-0.2, -0.15) is 0 Å². The van der Waals surface area contributed by atoms with Crippen LogP contribution in [0.15, 0.2) is 71.7 Å². The lowest BCUT2D eigenvalue weighted by molar-refractivity contribution is -0.125. The number of fused-ring (bicyclic) bond motifs is 1. The second kappa shape index (κ2) is 10.3. The van der Waals surface area contributed by atoms with Gasteiger partial charge in [0, 0.05) is 25.8 Å². The SMILES string of the molecule is Cc1ccc(Cn2c(=O)c(N3CCCC(C(=O)NCc4ccc(F)cc4)C3)nc3cccnc32)cc1. The molecule has 0 bridgehead atoms. The molecule has 1 atom stereocenters. The number of nitrogens with one attached hydrogen (secondary N) is 1. The molecule has 1 aliphatic heterocycles. The van der Waals surface area contributed by atoms with Crippen molar-refractivity contribution >= 4 is 22.9 Å². The molecule has 1 amide bonds. The fourth-order valence-electron chi connectivity index (χ4n) is 4.61. The van der Waals surface area contributed by atoms with Crippen LogP contribution >= 0.6 is 0 Å². The maximum atomic E-state index is 13.7. The molecule has 3 heterocycles. The summed E-state index contributed by atoms with van der Waals surface area (Å²) in [5, 5.41) is 2.95. The van der Waals surface area contributed by atoms with Crippen LogP contribution in [-0.4, -0.2) is 33.5 Å². The summed E-state index contributed by atoms with van der Waals surface area (Å²) >= 11 is 0. The lowest BCUT2D eigenvalue weighted by Crippen LogP contribution is -2.45. The van der Waals surface area contributed by atoms with Gasteiger partial charge in [-0.1, -0.05) is 42.0 Å². The van der Waals surface area contributed by atoms with Crippen molar-refractivity contribution in [1.82, 2.24) is 19.9 Å². The predicted molar refractivity (Wildman–Crippen MR) is 137 cm³/mol. The van der Waals surface area contributed by atoms with Gasteiger partial charge < -0.3 is 10.2 Å². The van der Waals surface area contributed by atoms with E-state index < -0.39 is 0 Å². The lowest BCUT2D eigenvalue weighted by atomic mass is 9.97. The molecule has 2 aromatic heterocycles. The number of carbonyl (C=O) groups is 1. The van der Waals surface area contributed by atoms with Crippen molar-refractivity contribution in [2.45, 2.75) is 32.9 Å². The standard InChI is InChI=1S/C28H28FN5O2/c1-19-6-8-21(9-7-19)17-34-25-24(5-2-14-30-25)32-26(28(34)36)33-15-3-4-22(18-33)27(35)31-16-20-10-12-23(29)13-11-20/h2,5-14,22H,3-4,15-18H2,1H3,(H,31,35). The molecule has 0 spiro atoms. The number of aromatic nitrogens is 3. The summed E-state index contributed by atoms with van der Waals surface area (Å²) < 4.78 is 14.8. The van der Waals surface area contributed by atoms with Crippen LogP contribution in [0.25, 0.3) is 11.2 Å². The van der Waals surface area contributed by atoms with E-state index in [9.17, 15) is 14.0 Å². The third kappa shape index (κ3) is 5.12. The van der Waals surface area contributed by atoms with Gasteiger partial charge in [-0.15, -0.1) is 0 Å². The van der Waals surface area contributed by atoms with Gasteiger partial charge in [0.05, 0.1) is 12.5 Å². The normalized spacial score (nSPS) is 15.7. The number of halogens is 1. The van der Waals surface area contributed by atoms with Gasteiger partial charge in [-0.3, -0.25) is 14.2 Å². The zero-order valence-corrected chi connectivity index (χ0v) is 20.2. The molecule has 1 fully saturated rings. The van der Waals surface area contributed by atoms with E-state index in [4.69, 9.17) is 0 Å². The summed E-state index contributed by atoms with van der Waals surface area (Å²) in [6.45, 7) is 3.81. The molecule has 0 radical (unpaired) electrons. The molecule has 184 valence electrons. The van der Waals surface area contributed by atoms with E-state index in [1.807, 2.05) is 48.2 Å². The third-order valence-corrected chi connectivity index (χ3v) is 6.62. The largest absolute Gasteiger partial charge is 0.352 e. The quantitative estimate of drug-likeness (QED) is 0.449. The molecule has 1 unspecified atom stereocenters. The van der Waals surface area contributed by atoms with Gasteiger partial charge in [0.25, 0.3) is 5.56 Å². The number of aryl methyl sites for hydroxylation is 1. The summed E-state index contributed by atoms with van der Waals surface area (Å²) in [5.74, 6) is -0.306. The van der Waals surface area contributed by atoms with Gasteiger partial charge in [0.1, 0.15) is 11.3 Å². The number of rotatable bonds is 6. The second-order valence-corrected chi connectivity index (χ2v) is 9.29. The molecular formula is C28H28FN5O2. The number of nitrogens with zero attached hydrogens (tertiary/aromatic N) is 4. The Kier molecular flexibility index (Phi) is 6.75. The van der Waals surface area contributed by atoms with Gasteiger partial charge in [-0.05, 0) is 55.2 Å². The molecule has 5 rings (SSSR count). The number of amides is 1. The average molecular weight is 486 g/mol. The topological polar surface area (TPSA) is 80.1 Å². The van der Waals surface area contributed by atoms with Gasteiger partial charge in [0.2, 0.25) is 5.91 Å². The second-order valence-electron chi connectivity index (χ2n) is 9.29. The summed E-state index contributed by atoms with van der Waals surface area (Å²) in [6.07, 6.45) is 3.17. The maximum Gasteiger partial charge on any atom is 0.295 e. The van der Waals surface area contributed by atoms with E-state index in [-0.39, 0.29) is 23.2 Å². The average Bonchev–Trinajstić information content (AvgIpc) is 2.91. The number of carbonyl (C=O) groups excluding carboxylic acids is 1. The Hall–Kier alpha value is -4.07. The minimum absolute atomic E-state index is 0.0774. The molecule has 36 heavy (non-hydrogen) atoms. The van der Waals surface area contributed by atoms with Crippen molar-refractivity contribution in [1.29, 1.82) is 0 Å². The first kappa shape index (κ1) is 23.7. The zero-order chi connectivity index (χ0) is 25.1. The summed E-state index contributed by atoms with van der Waals surface area (Å²) in [6, 6.07) is 17.8. The van der Waals surface area contributed by atoms with Crippen molar-refractivity contribution in [3.63, 3.8) is 0 Å². The Morgan fingerprint density at radius 2 is 1.83 bits per heavy atom. The van der Waals surface area contributed by atoms with Crippen LogP contribution in [0.5, 0.6) is 0 Å². The van der Waals surface area contributed by atoms with Gasteiger partial charge in [0.15, 0.2) is 11.5 Å². The van der Waals surface area contributed by atoms with Crippen LogP contribution in [0, 0.1) is 18.7 Å². The monoisotopic (exact) mass is 485 g/mol. The molecule has 0 saturated carbocycles. The third-order valence-electron chi connectivity index (χ3n) is 6.62. The number of hydrogen-bond acceptors (Lipinski definition) is 5. The van der Waals surface area contributed by atoms with Crippen molar-refractivity contribution in [2.75, 3.05) is 18.0 Å². The highest BCUT2D eigenvalue weighted by atomic mass is 19.1. The van der Waals surface area contributed by atoms with Gasteiger partial charge in [-0.25, -0.2) is 14.4 Å². The van der Waals surface area contributed by atoms with Crippen LogP contribution in [-0.2, 0) is 17.9 Å². The molecule has 1 aliphatic rings. The Morgan fingerprint density at radius 1 is 1.08 bits per heavy atom. The minimum Gasteiger partial charge on any atom is -0.352 e. The molecule has 7 nitrogen and oxygen atoms in total. The first-order chi connectivity index (χ1) is 17.5. The van der Waals surface area contributed by atoms with E-state index >= 15 is 0 Å². The fourth-order valence-corrected chi connectivity index (χ4v) is 4.61. The number of pyridine rings is 1. The van der Waals surface area contributed by atoms with Crippen LogP contribution in [0.1, 0.15) is 29.5 Å². The Labute approximate surface area is 208 Å². The molecule has 0 aliphatic carbocycles. The van der Waals surface area contributed by atoms with E-state index in [0.717, 1.165) is 29.5 Å². The van der Waals surface area contributed by atoms with Gasteiger partial charge >= 0.3 is 0 Å². The highest BCUT2D eigenvalue weighted by molar-refractivity contribution is 5.79. The Balaban J connectivity index is 1.38. The molecule has 1 N–H and O–H groups in total. The first-order valence-electron chi connectivity index (χ1n) is 12.2. The fraction of sp³-hybridized carbons (Fsp3) is 0.286. The highest BCUT2D eigenvalue weighted by Gasteiger charge is 2.28. The molecule has 4 aromatic rings. The summed E-state index contributed by atoms with van der Waals surface area (Å²) in [5.41, 5.74) is 3.96. The summed E-state index contributed by atoms with van der Waals surface area (Å²) in [4.78, 5) is 37.6. The molecule has 8 heteroatoms. The number of benzene rings is 2. The number of anilines is 1. The van der Waals surface area contributed by atoms with E-state index in [0.29, 0.717) is 43.2 Å². The van der Waals surface area contributed by atoms with Crippen LogP contribution < -0.4 is 15.8 Å². The number of hydrogen-bond donors (Lipinski definition) is 1. The zero-order valence-electron chi connectivity index (χ0n) is 20.2. The Bertz CT molecular complexity index is 1430. The molecule has 1 saturated heterocycles. The summed E-state index contributed by atoms with van der Waals surface area (Å²) in [7, 11) is 0. The minimum atomic E-state index is -0.306. The first-order valence-corrected chi connectivity index (χ1v) is 12.2. The van der Waals surface area contributed by atoms with Crippen LogP contribution in [0.2, 0.25) is 0 Å². The predicted octanol–water partition coefficient (Wildman–Crippen LogP) is 3.82. The van der Waals surface area contributed by atoms with E-state index in [2.05, 4.69) is 15.3 Å². The highest BCUT2D eigenvalue weighted by Crippen LogP contribution is 2.22. The van der Waals surface area contributed by atoms with Crippen molar-refractivity contribution in [2.24, 2.45) is 5.92 Å². The lowest BCUT2D eigenvalue weighted by Gasteiger charge is -2.32. The smallest absolute Gasteiger partial charge is 0.295 e. The maximum absolute atomic E-state index is 13.7.